The number of primary amides is 1. The molecule has 1 aliphatic heterocycles. The van der Waals surface area contributed by atoms with Crippen LogP contribution in [0.15, 0.2) is 47.4 Å². The molecule has 1 saturated heterocycles. The first-order valence-corrected chi connectivity index (χ1v) is 10.0. The number of likely N-dealkylation sites (tertiary alicyclic amines) is 1. The molecule has 0 unspecified atom stereocenters. The summed E-state index contributed by atoms with van der Waals surface area (Å²) in [6.45, 7) is -0.436. The number of carbonyl (C=O) groups is 2. The highest BCUT2D eigenvalue weighted by Gasteiger charge is 2.37. The smallest absolute Gasteiger partial charge is 0.243 e. The second kappa shape index (κ2) is 7.63. The SMILES string of the molecule is NC(=O)[C@@H]1CCCN1C(=O)[C@H](CO)NS(=O)(=O)c1ccc2ccccc2c1. The lowest BCUT2D eigenvalue weighted by atomic mass is 10.1. The number of nitrogens with one attached hydrogen (secondary N) is 1. The van der Waals surface area contributed by atoms with E-state index in [2.05, 4.69) is 4.72 Å². The first-order chi connectivity index (χ1) is 12.8. The number of nitrogens with zero attached hydrogens (tertiary/aromatic N) is 1. The third-order valence-corrected chi connectivity index (χ3v) is 6.14. The van der Waals surface area contributed by atoms with Crippen molar-refractivity contribution in [2.24, 2.45) is 5.73 Å². The normalized spacial score (nSPS) is 18.6. The molecule has 0 saturated carbocycles. The van der Waals surface area contributed by atoms with Crippen LogP contribution in [0.5, 0.6) is 0 Å². The van der Waals surface area contributed by atoms with Crippen molar-refractivity contribution in [1.82, 2.24) is 9.62 Å². The Hall–Kier alpha value is -2.49. The van der Waals surface area contributed by atoms with Crippen LogP contribution in [0.1, 0.15) is 12.8 Å². The first kappa shape index (κ1) is 19.3. The largest absolute Gasteiger partial charge is 0.394 e. The van der Waals surface area contributed by atoms with Crippen LogP contribution in [-0.4, -0.2) is 55.5 Å². The number of carbonyl (C=O) groups excluding carboxylic acids is 2. The van der Waals surface area contributed by atoms with E-state index in [0.717, 1.165) is 10.8 Å². The number of aliphatic hydroxyl groups excluding tert-OH is 1. The van der Waals surface area contributed by atoms with E-state index in [1.165, 1.54) is 17.0 Å². The van der Waals surface area contributed by atoms with Crippen molar-refractivity contribution in [2.75, 3.05) is 13.2 Å². The molecular weight excluding hydrogens is 370 g/mol. The second-order valence-electron chi connectivity index (χ2n) is 6.46. The van der Waals surface area contributed by atoms with Gasteiger partial charge in [-0.05, 0) is 35.7 Å². The Morgan fingerprint density at radius 2 is 1.93 bits per heavy atom. The van der Waals surface area contributed by atoms with E-state index >= 15 is 0 Å². The predicted octanol–water partition coefficient (Wildman–Crippen LogP) is -0.0447. The number of aliphatic hydroxyl groups is 1. The third kappa shape index (κ3) is 3.95. The van der Waals surface area contributed by atoms with Gasteiger partial charge < -0.3 is 15.7 Å². The Balaban J connectivity index is 1.83. The maximum Gasteiger partial charge on any atom is 0.243 e. The number of fused-ring (bicyclic) bond motifs is 1. The van der Waals surface area contributed by atoms with Gasteiger partial charge in [0.1, 0.15) is 12.1 Å². The number of rotatable bonds is 6. The van der Waals surface area contributed by atoms with Crippen molar-refractivity contribution >= 4 is 32.6 Å². The molecule has 0 bridgehead atoms. The van der Waals surface area contributed by atoms with Gasteiger partial charge in [-0.25, -0.2) is 8.42 Å². The van der Waals surface area contributed by atoms with Gasteiger partial charge in [0.15, 0.2) is 0 Å². The van der Waals surface area contributed by atoms with Crippen molar-refractivity contribution < 1.29 is 23.1 Å². The average Bonchev–Trinajstić information content (AvgIpc) is 3.15. The molecule has 4 N–H and O–H groups in total. The minimum Gasteiger partial charge on any atom is -0.394 e. The van der Waals surface area contributed by atoms with Crippen LogP contribution >= 0.6 is 0 Å². The molecule has 1 fully saturated rings. The van der Waals surface area contributed by atoms with Gasteiger partial charge in [0.05, 0.1) is 11.5 Å². The summed E-state index contributed by atoms with van der Waals surface area (Å²) >= 11 is 0. The fourth-order valence-corrected chi connectivity index (χ4v) is 4.50. The van der Waals surface area contributed by atoms with Gasteiger partial charge in [0.25, 0.3) is 0 Å². The molecule has 2 aromatic carbocycles. The lowest BCUT2D eigenvalue weighted by Crippen LogP contribution is -2.54. The van der Waals surface area contributed by atoms with Crippen molar-refractivity contribution in [1.29, 1.82) is 0 Å². The number of nitrogens with two attached hydrogens (primary N) is 1. The molecular formula is C18H21N3O5S. The lowest BCUT2D eigenvalue weighted by molar-refractivity contribution is -0.139. The fraction of sp³-hybridized carbons (Fsp3) is 0.333. The van der Waals surface area contributed by atoms with E-state index in [0.29, 0.717) is 19.4 Å². The summed E-state index contributed by atoms with van der Waals surface area (Å²) in [5, 5.41) is 11.2. The number of benzene rings is 2. The number of hydrogen-bond acceptors (Lipinski definition) is 5. The molecule has 0 radical (unpaired) electrons. The molecule has 0 spiro atoms. The summed E-state index contributed by atoms with van der Waals surface area (Å²) in [6.07, 6.45) is 1.02. The molecule has 1 heterocycles. The van der Waals surface area contributed by atoms with Crippen LogP contribution in [0.25, 0.3) is 10.8 Å². The van der Waals surface area contributed by atoms with Gasteiger partial charge in [0, 0.05) is 6.54 Å². The van der Waals surface area contributed by atoms with Gasteiger partial charge in [-0.15, -0.1) is 0 Å². The molecule has 8 nitrogen and oxygen atoms in total. The summed E-state index contributed by atoms with van der Waals surface area (Å²) in [5.41, 5.74) is 5.30. The van der Waals surface area contributed by atoms with Crippen LogP contribution in [-0.2, 0) is 19.6 Å². The second-order valence-corrected chi connectivity index (χ2v) is 8.17. The highest BCUT2D eigenvalue weighted by molar-refractivity contribution is 7.89. The van der Waals surface area contributed by atoms with Crippen molar-refractivity contribution in [3.05, 3.63) is 42.5 Å². The lowest BCUT2D eigenvalue weighted by Gasteiger charge is -2.26. The van der Waals surface area contributed by atoms with Crippen LogP contribution in [0, 0.1) is 0 Å². The fourth-order valence-electron chi connectivity index (χ4n) is 3.28. The number of amides is 2. The molecule has 3 rings (SSSR count). The Labute approximate surface area is 157 Å². The summed E-state index contributed by atoms with van der Waals surface area (Å²) in [6, 6.07) is 9.72. The Morgan fingerprint density at radius 3 is 2.59 bits per heavy atom. The van der Waals surface area contributed by atoms with Crippen LogP contribution in [0.4, 0.5) is 0 Å². The van der Waals surface area contributed by atoms with Gasteiger partial charge in [-0.3, -0.25) is 9.59 Å². The average molecular weight is 391 g/mol. The Kier molecular flexibility index (Phi) is 5.45. The predicted molar refractivity (Wildman–Crippen MR) is 99.1 cm³/mol. The van der Waals surface area contributed by atoms with E-state index in [9.17, 15) is 23.1 Å². The minimum absolute atomic E-state index is 0.0136. The molecule has 0 aliphatic carbocycles. The van der Waals surface area contributed by atoms with Gasteiger partial charge in [-0.1, -0.05) is 30.3 Å². The summed E-state index contributed by atoms with van der Waals surface area (Å²) < 4.78 is 27.6. The molecule has 9 heteroatoms. The highest BCUT2D eigenvalue weighted by atomic mass is 32.2. The maximum absolute atomic E-state index is 12.7. The molecule has 144 valence electrons. The quantitative estimate of drug-likeness (QED) is 0.636. The zero-order valence-corrected chi connectivity index (χ0v) is 15.4. The first-order valence-electron chi connectivity index (χ1n) is 8.55. The minimum atomic E-state index is -4.05. The van der Waals surface area contributed by atoms with E-state index in [-0.39, 0.29) is 4.90 Å². The van der Waals surface area contributed by atoms with Gasteiger partial charge in [-0.2, -0.15) is 4.72 Å². The van der Waals surface area contributed by atoms with Crippen LogP contribution < -0.4 is 10.5 Å². The van der Waals surface area contributed by atoms with Gasteiger partial charge >= 0.3 is 0 Å². The zero-order valence-electron chi connectivity index (χ0n) is 14.5. The third-order valence-electron chi connectivity index (χ3n) is 4.67. The van der Waals surface area contributed by atoms with E-state index < -0.39 is 40.5 Å². The number of sulfonamides is 1. The van der Waals surface area contributed by atoms with E-state index in [1.54, 1.807) is 18.2 Å². The van der Waals surface area contributed by atoms with Gasteiger partial charge in [0.2, 0.25) is 21.8 Å². The highest BCUT2D eigenvalue weighted by Crippen LogP contribution is 2.21. The molecule has 2 aromatic rings. The standard InChI is InChI=1S/C18H21N3O5S/c19-17(23)16-6-3-9-21(16)18(24)15(11-22)20-27(25,26)14-8-7-12-4-1-2-5-13(12)10-14/h1-2,4-5,7-8,10,15-16,20,22H,3,6,9,11H2,(H2,19,23)/t15-,16-/m0/s1. The Morgan fingerprint density at radius 1 is 1.22 bits per heavy atom. The monoisotopic (exact) mass is 391 g/mol. The molecule has 27 heavy (non-hydrogen) atoms. The topological polar surface area (TPSA) is 130 Å². The van der Waals surface area contributed by atoms with Crippen molar-refractivity contribution in [2.45, 2.75) is 29.8 Å². The zero-order chi connectivity index (χ0) is 19.6. The van der Waals surface area contributed by atoms with Crippen LogP contribution in [0.3, 0.4) is 0 Å². The summed E-state index contributed by atoms with van der Waals surface area (Å²) in [4.78, 5) is 25.3. The number of hydrogen-bond donors (Lipinski definition) is 3. The van der Waals surface area contributed by atoms with Crippen molar-refractivity contribution in [3.63, 3.8) is 0 Å². The van der Waals surface area contributed by atoms with Crippen molar-refractivity contribution in [3.8, 4) is 0 Å². The molecule has 2 atom stereocenters. The Bertz CT molecular complexity index is 976. The maximum atomic E-state index is 12.7. The van der Waals surface area contributed by atoms with E-state index in [1.807, 2.05) is 12.1 Å². The summed E-state index contributed by atoms with van der Waals surface area (Å²) in [5.74, 6) is -1.31. The van der Waals surface area contributed by atoms with E-state index in [4.69, 9.17) is 5.73 Å². The van der Waals surface area contributed by atoms with Crippen LogP contribution in [0.2, 0.25) is 0 Å². The molecule has 0 aromatic heterocycles. The molecule has 2 amide bonds. The summed E-state index contributed by atoms with van der Waals surface area (Å²) in [7, 11) is -4.05. The molecule has 1 aliphatic rings.